The minimum Gasteiger partial charge on any atom is -0.510 e. The highest BCUT2D eigenvalue weighted by molar-refractivity contribution is 5.46. The molecule has 100 valence electrons. The normalized spacial score (nSPS) is 33.2. The van der Waals surface area contributed by atoms with Gasteiger partial charge in [-0.1, -0.05) is 24.1 Å². The smallest absolute Gasteiger partial charge is 0.112 e. The van der Waals surface area contributed by atoms with Crippen molar-refractivity contribution >= 4 is 0 Å². The lowest BCUT2D eigenvalue weighted by Gasteiger charge is -2.45. The zero-order valence-electron chi connectivity index (χ0n) is 11.3. The Morgan fingerprint density at radius 2 is 1.95 bits per heavy atom. The predicted molar refractivity (Wildman–Crippen MR) is 76.6 cm³/mol. The summed E-state index contributed by atoms with van der Waals surface area (Å²) in [5.41, 5.74) is 4.57. The van der Waals surface area contributed by atoms with E-state index in [-0.39, 0.29) is 0 Å². The van der Waals surface area contributed by atoms with Crippen LogP contribution in [0, 0.1) is 11.8 Å². The minimum absolute atomic E-state index is 0.493. The van der Waals surface area contributed by atoms with Crippen molar-refractivity contribution in [1.29, 1.82) is 0 Å². The van der Waals surface area contributed by atoms with Gasteiger partial charge in [-0.05, 0) is 55.2 Å². The lowest BCUT2D eigenvalue weighted by molar-refractivity contribution is 0.221. The predicted octanol–water partition coefficient (Wildman–Crippen LogP) is 3.70. The number of piperidine rings is 1. The van der Waals surface area contributed by atoms with Crippen LogP contribution in [0.4, 0.5) is 0 Å². The van der Waals surface area contributed by atoms with Crippen LogP contribution < -0.4 is 0 Å². The van der Waals surface area contributed by atoms with E-state index in [1.54, 1.807) is 5.57 Å². The van der Waals surface area contributed by atoms with Crippen molar-refractivity contribution in [2.75, 3.05) is 13.1 Å². The lowest BCUT2D eigenvalue weighted by atomic mass is 9.67. The number of fused-ring (bicyclic) bond motifs is 5. The summed E-state index contributed by atoms with van der Waals surface area (Å²) in [6.07, 6.45) is 15.4. The van der Waals surface area contributed by atoms with Crippen molar-refractivity contribution in [2.45, 2.75) is 32.1 Å². The van der Waals surface area contributed by atoms with Crippen LogP contribution in [0.3, 0.4) is 0 Å². The zero-order chi connectivity index (χ0) is 12.8. The molecule has 0 aromatic carbocycles. The average molecular weight is 255 g/mol. The zero-order valence-corrected chi connectivity index (χ0v) is 11.3. The molecule has 1 saturated heterocycles. The van der Waals surface area contributed by atoms with E-state index in [1.165, 1.54) is 43.4 Å². The molecule has 1 saturated carbocycles. The fourth-order valence-corrected chi connectivity index (χ4v) is 4.29. The Bertz CT molecular complexity index is 523. The summed E-state index contributed by atoms with van der Waals surface area (Å²) in [6, 6.07) is 0. The van der Waals surface area contributed by atoms with Crippen LogP contribution >= 0.6 is 0 Å². The average Bonchev–Trinajstić information content (AvgIpc) is 2.46. The van der Waals surface area contributed by atoms with Crippen molar-refractivity contribution in [3.05, 3.63) is 46.9 Å². The second kappa shape index (κ2) is 4.29. The maximum atomic E-state index is 9.68. The molecule has 2 atom stereocenters. The molecular weight excluding hydrogens is 234 g/mol. The Labute approximate surface area is 114 Å². The summed E-state index contributed by atoms with van der Waals surface area (Å²) in [7, 11) is 0. The van der Waals surface area contributed by atoms with Crippen LogP contribution in [0.5, 0.6) is 0 Å². The molecule has 2 fully saturated rings. The molecule has 2 aliphatic carbocycles. The second-order valence-electron chi connectivity index (χ2n) is 6.24. The molecule has 2 unspecified atom stereocenters. The minimum atomic E-state index is 0.493. The molecule has 2 heterocycles. The second-order valence-corrected chi connectivity index (χ2v) is 6.24. The van der Waals surface area contributed by atoms with Crippen LogP contribution in [0.2, 0.25) is 0 Å². The van der Waals surface area contributed by atoms with Crippen molar-refractivity contribution in [3.8, 4) is 0 Å². The molecule has 4 rings (SSSR count). The number of hydrogen-bond acceptors (Lipinski definition) is 2. The van der Waals surface area contributed by atoms with E-state index in [9.17, 15) is 5.11 Å². The third-order valence-corrected chi connectivity index (χ3v) is 5.20. The fourth-order valence-electron chi connectivity index (χ4n) is 4.29. The van der Waals surface area contributed by atoms with Crippen molar-refractivity contribution in [2.24, 2.45) is 11.8 Å². The molecule has 0 radical (unpaired) electrons. The van der Waals surface area contributed by atoms with E-state index in [1.807, 2.05) is 6.08 Å². The number of allylic oxidation sites excluding steroid dienone is 6. The van der Waals surface area contributed by atoms with Gasteiger partial charge in [0.15, 0.2) is 0 Å². The van der Waals surface area contributed by atoms with Crippen molar-refractivity contribution in [3.63, 3.8) is 0 Å². The molecule has 4 aliphatic rings. The third kappa shape index (κ3) is 1.77. The molecule has 0 amide bonds. The first-order valence-corrected chi connectivity index (χ1v) is 7.59. The highest BCUT2D eigenvalue weighted by atomic mass is 16.3. The summed E-state index contributed by atoms with van der Waals surface area (Å²) in [4.78, 5) is 2.33. The van der Waals surface area contributed by atoms with Crippen LogP contribution in [0.15, 0.2) is 46.9 Å². The molecule has 0 aromatic heterocycles. The van der Waals surface area contributed by atoms with Gasteiger partial charge in [0.1, 0.15) is 5.76 Å². The summed E-state index contributed by atoms with van der Waals surface area (Å²) in [5.74, 6) is 2.03. The first-order chi connectivity index (χ1) is 9.33. The molecule has 1 N–H and O–H groups in total. The summed E-state index contributed by atoms with van der Waals surface area (Å²) < 4.78 is 0. The molecule has 0 aromatic rings. The Morgan fingerprint density at radius 1 is 1.00 bits per heavy atom. The summed E-state index contributed by atoms with van der Waals surface area (Å²) in [5, 5.41) is 9.68. The van der Waals surface area contributed by atoms with E-state index in [2.05, 4.69) is 23.1 Å². The van der Waals surface area contributed by atoms with E-state index >= 15 is 0 Å². The van der Waals surface area contributed by atoms with Gasteiger partial charge in [-0.3, -0.25) is 0 Å². The SMILES string of the molecule is OC1=CC=C2C3=CC=C4CCCCC4C3CCN2C1. The Morgan fingerprint density at radius 3 is 2.89 bits per heavy atom. The number of aliphatic hydroxyl groups is 1. The first-order valence-electron chi connectivity index (χ1n) is 7.59. The van der Waals surface area contributed by atoms with Crippen LogP contribution in [0.25, 0.3) is 0 Å². The Hall–Kier alpha value is -1.44. The van der Waals surface area contributed by atoms with Gasteiger partial charge in [-0.15, -0.1) is 0 Å². The number of nitrogens with zero attached hydrogens (tertiary/aromatic N) is 1. The van der Waals surface area contributed by atoms with E-state index in [4.69, 9.17) is 0 Å². The standard InChI is InChI=1S/C17H21NO/c19-13-6-8-17-16-7-5-12-3-1-2-4-14(12)15(16)9-10-18(17)11-13/h5-8,14-15,19H,1-4,9-11H2. The van der Waals surface area contributed by atoms with Crippen LogP contribution in [-0.2, 0) is 0 Å². The summed E-state index contributed by atoms with van der Waals surface area (Å²) in [6.45, 7) is 1.78. The quantitative estimate of drug-likeness (QED) is 0.713. The maximum absolute atomic E-state index is 9.68. The van der Waals surface area contributed by atoms with Gasteiger partial charge in [0.05, 0.1) is 6.54 Å². The topological polar surface area (TPSA) is 23.5 Å². The van der Waals surface area contributed by atoms with Gasteiger partial charge < -0.3 is 10.0 Å². The maximum Gasteiger partial charge on any atom is 0.112 e. The van der Waals surface area contributed by atoms with Crippen molar-refractivity contribution in [1.82, 2.24) is 4.90 Å². The fraction of sp³-hybridized carbons (Fsp3) is 0.529. The molecule has 19 heavy (non-hydrogen) atoms. The van der Waals surface area contributed by atoms with Gasteiger partial charge >= 0.3 is 0 Å². The van der Waals surface area contributed by atoms with Crippen LogP contribution in [0.1, 0.15) is 32.1 Å². The van der Waals surface area contributed by atoms with Gasteiger partial charge in [0.25, 0.3) is 0 Å². The van der Waals surface area contributed by atoms with Gasteiger partial charge in [-0.2, -0.15) is 0 Å². The Kier molecular flexibility index (Phi) is 2.57. The molecule has 2 nitrogen and oxygen atoms in total. The molecule has 2 heteroatoms. The third-order valence-electron chi connectivity index (χ3n) is 5.20. The van der Waals surface area contributed by atoms with Crippen LogP contribution in [-0.4, -0.2) is 23.1 Å². The molecule has 0 bridgehead atoms. The number of aliphatic hydroxyl groups excluding tert-OH is 1. The largest absolute Gasteiger partial charge is 0.510 e. The molecule has 2 aliphatic heterocycles. The number of hydrogen-bond donors (Lipinski definition) is 1. The van der Waals surface area contributed by atoms with E-state index < -0.39 is 0 Å². The van der Waals surface area contributed by atoms with E-state index in [0.717, 1.165) is 18.4 Å². The van der Waals surface area contributed by atoms with Gasteiger partial charge in [-0.25, -0.2) is 0 Å². The highest BCUT2D eigenvalue weighted by Gasteiger charge is 2.37. The first kappa shape index (κ1) is 11.4. The highest BCUT2D eigenvalue weighted by Crippen LogP contribution is 2.47. The lowest BCUT2D eigenvalue weighted by Crippen LogP contribution is -2.40. The van der Waals surface area contributed by atoms with E-state index in [0.29, 0.717) is 12.3 Å². The summed E-state index contributed by atoms with van der Waals surface area (Å²) >= 11 is 0. The molecule has 0 spiro atoms. The Balaban J connectivity index is 1.73. The van der Waals surface area contributed by atoms with Crippen molar-refractivity contribution < 1.29 is 5.11 Å². The van der Waals surface area contributed by atoms with Gasteiger partial charge in [0.2, 0.25) is 0 Å². The van der Waals surface area contributed by atoms with Gasteiger partial charge in [0, 0.05) is 12.2 Å². The molecular formula is C17H21NO. The monoisotopic (exact) mass is 255 g/mol. The number of rotatable bonds is 0.